The Kier molecular flexibility index (Phi) is 4.35. The van der Waals surface area contributed by atoms with Gasteiger partial charge in [0, 0.05) is 19.8 Å². The number of carbonyl (C=O) groups is 1. The molecule has 0 bridgehead atoms. The van der Waals surface area contributed by atoms with E-state index in [-0.39, 0.29) is 18.9 Å². The first-order chi connectivity index (χ1) is 8.04. The third-order valence-electron chi connectivity index (χ3n) is 2.20. The van der Waals surface area contributed by atoms with Gasteiger partial charge >= 0.3 is 0 Å². The number of anilines is 1. The number of rotatable bonds is 4. The van der Waals surface area contributed by atoms with E-state index in [2.05, 4.69) is 0 Å². The van der Waals surface area contributed by atoms with Crippen molar-refractivity contribution in [2.24, 2.45) is 0 Å². The first kappa shape index (κ1) is 12.8. The van der Waals surface area contributed by atoms with E-state index in [9.17, 15) is 4.79 Å². The molecule has 0 saturated carbocycles. The summed E-state index contributed by atoms with van der Waals surface area (Å²) in [5.74, 6) is 0.437. The van der Waals surface area contributed by atoms with Gasteiger partial charge in [-0.2, -0.15) is 5.26 Å². The van der Waals surface area contributed by atoms with Crippen LogP contribution in [0.5, 0.6) is 5.75 Å². The van der Waals surface area contributed by atoms with Crippen molar-refractivity contribution in [1.29, 1.82) is 5.26 Å². The molecule has 0 unspecified atom stereocenters. The Morgan fingerprint density at radius 2 is 2.24 bits per heavy atom. The number of benzene rings is 1. The van der Waals surface area contributed by atoms with Crippen LogP contribution < -0.4 is 10.5 Å². The molecule has 0 aliphatic heterocycles. The quantitative estimate of drug-likeness (QED) is 0.787. The van der Waals surface area contributed by atoms with E-state index < -0.39 is 0 Å². The van der Waals surface area contributed by atoms with Gasteiger partial charge < -0.3 is 15.4 Å². The highest BCUT2D eigenvalue weighted by Gasteiger charge is 2.07. The standard InChI is InChI=1S/C12H15N3O2/c1-15(2)12(16)5-6-17-11-4-3-10(14)7-9(11)8-13/h3-4,7H,5-6,14H2,1-2H3. The van der Waals surface area contributed by atoms with Gasteiger partial charge in [-0.1, -0.05) is 0 Å². The van der Waals surface area contributed by atoms with Crippen LogP contribution in [0.4, 0.5) is 5.69 Å². The highest BCUT2D eigenvalue weighted by atomic mass is 16.5. The van der Waals surface area contributed by atoms with Gasteiger partial charge in [0.15, 0.2) is 0 Å². The third kappa shape index (κ3) is 3.68. The number of hydrogen-bond donors (Lipinski definition) is 1. The first-order valence-corrected chi connectivity index (χ1v) is 5.17. The summed E-state index contributed by atoms with van der Waals surface area (Å²) in [7, 11) is 3.37. The normalized spacial score (nSPS) is 9.47. The molecule has 0 fully saturated rings. The van der Waals surface area contributed by atoms with Crippen LogP contribution in [0.15, 0.2) is 18.2 Å². The highest BCUT2D eigenvalue weighted by molar-refractivity contribution is 5.75. The Morgan fingerprint density at radius 3 is 2.82 bits per heavy atom. The molecule has 0 atom stereocenters. The number of amides is 1. The second-order valence-electron chi connectivity index (χ2n) is 3.75. The second kappa shape index (κ2) is 5.75. The molecule has 5 nitrogen and oxygen atoms in total. The van der Waals surface area contributed by atoms with E-state index in [1.807, 2.05) is 6.07 Å². The summed E-state index contributed by atoms with van der Waals surface area (Å²) in [4.78, 5) is 12.8. The molecule has 0 aliphatic carbocycles. The molecule has 1 rings (SSSR count). The predicted octanol–water partition coefficient (Wildman–Crippen LogP) is 0.998. The van der Waals surface area contributed by atoms with Gasteiger partial charge in [-0.15, -0.1) is 0 Å². The zero-order valence-corrected chi connectivity index (χ0v) is 9.93. The van der Waals surface area contributed by atoms with Crippen LogP contribution >= 0.6 is 0 Å². The van der Waals surface area contributed by atoms with Crippen molar-refractivity contribution in [2.75, 3.05) is 26.4 Å². The third-order valence-corrected chi connectivity index (χ3v) is 2.20. The van der Waals surface area contributed by atoms with Crippen LogP contribution in [0.2, 0.25) is 0 Å². The number of nitriles is 1. The minimum absolute atomic E-state index is 0.0149. The highest BCUT2D eigenvalue weighted by Crippen LogP contribution is 2.20. The van der Waals surface area contributed by atoms with Gasteiger partial charge in [0.25, 0.3) is 0 Å². The lowest BCUT2D eigenvalue weighted by Gasteiger charge is -2.11. The lowest BCUT2D eigenvalue weighted by Crippen LogP contribution is -2.23. The van der Waals surface area contributed by atoms with Crippen molar-refractivity contribution in [3.05, 3.63) is 23.8 Å². The molecule has 0 heterocycles. The van der Waals surface area contributed by atoms with Crippen molar-refractivity contribution in [3.63, 3.8) is 0 Å². The van der Waals surface area contributed by atoms with Crippen LogP contribution in [0.1, 0.15) is 12.0 Å². The number of carbonyl (C=O) groups excluding carboxylic acids is 1. The summed E-state index contributed by atoms with van der Waals surface area (Å²) in [5.41, 5.74) is 6.44. The maximum atomic E-state index is 11.3. The number of nitrogens with zero attached hydrogens (tertiary/aromatic N) is 2. The lowest BCUT2D eigenvalue weighted by atomic mass is 10.2. The largest absolute Gasteiger partial charge is 0.492 e. The average Bonchev–Trinajstić information content (AvgIpc) is 2.30. The van der Waals surface area contributed by atoms with Crippen molar-refractivity contribution < 1.29 is 9.53 Å². The zero-order chi connectivity index (χ0) is 12.8. The van der Waals surface area contributed by atoms with Gasteiger partial charge in [0.2, 0.25) is 5.91 Å². The summed E-state index contributed by atoms with van der Waals surface area (Å²) >= 11 is 0. The van der Waals surface area contributed by atoms with Crippen molar-refractivity contribution in [3.8, 4) is 11.8 Å². The van der Waals surface area contributed by atoms with Gasteiger partial charge in [-0.3, -0.25) is 4.79 Å². The molecule has 2 N–H and O–H groups in total. The van der Waals surface area contributed by atoms with Gasteiger partial charge in [0.1, 0.15) is 11.8 Å². The molecule has 1 aromatic carbocycles. The summed E-state index contributed by atoms with van der Waals surface area (Å²) in [5, 5.41) is 8.88. The minimum Gasteiger partial charge on any atom is -0.492 e. The van der Waals surface area contributed by atoms with E-state index in [1.54, 1.807) is 32.3 Å². The maximum Gasteiger partial charge on any atom is 0.225 e. The van der Waals surface area contributed by atoms with Crippen molar-refractivity contribution in [1.82, 2.24) is 4.90 Å². The fourth-order valence-corrected chi connectivity index (χ4v) is 1.23. The monoisotopic (exact) mass is 233 g/mol. The number of nitrogen functional groups attached to an aromatic ring is 1. The fraction of sp³-hybridized carbons (Fsp3) is 0.333. The molecule has 0 aliphatic rings. The van der Waals surface area contributed by atoms with Gasteiger partial charge in [0.05, 0.1) is 18.6 Å². The number of hydrogen-bond acceptors (Lipinski definition) is 4. The number of ether oxygens (including phenoxy) is 1. The second-order valence-corrected chi connectivity index (χ2v) is 3.75. The molecule has 5 heteroatoms. The van der Waals surface area contributed by atoms with Crippen molar-refractivity contribution >= 4 is 11.6 Å². The molecular formula is C12H15N3O2. The Labute approximate surface area is 100 Å². The van der Waals surface area contributed by atoms with E-state index in [0.29, 0.717) is 17.0 Å². The van der Waals surface area contributed by atoms with E-state index in [1.165, 1.54) is 4.90 Å². The molecule has 0 aromatic heterocycles. The molecule has 0 spiro atoms. The minimum atomic E-state index is -0.0149. The fourth-order valence-electron chi connectivity index (χ4n) is 1.23. The van der Waals surface area contributed by atoms with Gasteiger partial charge in [-0.05, 0) is 18.2 Å². The molecule has 1 aromatic rings. The molecule has 17 heavy (non-hydrogen) atoms. The Hall–Kier alpha value is -2.22. The van der Waals surface area contributed by atoms with E-state index >= 15 is 0 Å². The summed E-state index contributed by atoms with van der Waals surface area (Å²) in [6.45, 7) is 0.246. The molecule has 90 valence electrons. The van der Waals surface area contributed by atoms with E-state index in [4.69, 9.17) is 15.7 Å². The Balaban J connectivity index is 2.58. The molecule has 0 saturated heterocycles. The topological polar surface area (TPSA) is 79.3 Å². The smallest absolute Gasteiger partial charge is 0.225 e. The number of nitrogens with two attached hydrogens (primary N) is 1. The van der Waals surface area contributed by atoms with Crippen LogP contribution in [0.25, 0.3) is 0 Å². The average molecular weight is 233 g/mol. The van der Waals surface area contributed by atoms with Crippen molar-refractivity contribution in [2.45, 2.75) is 6.42 Å². The predicted molar refractivity (Wildman–Crippen MR) is 64.4 cm³/mol. The SMILES string of the molecule is CN(C)C(=O)CCOc1ccc(N)cc1C#N. The summed E-state index contributed by atoms with van der Waals surface area (Å²) in [6, 6.07) is 6.83. The lowest BCUT2D eigenvalue weighted by molar-refractivity contribution is -0.129. The maximum absolute atomic E-state index is 11.3. The van der Waals surface area contributed by atoms with Crippen LogP contribution in [0.3, 0.4) is 0 Å². The summed E-state index contributed by atoms with van der Waals surface area (Å²) in [6.07, 6.45) is 0.280. The molecular weight excluding hydrogens is 218 g/mol. The van der Waals surface area contributed by atoms with Crippen LogP contribution in [-0.4, -0.2) is 31.5 Å². The Morgan fingerprint density at radius 1 is 1.53 bits per heavy atom. The zero-order valence-electron chi connectivity index (χ0n) is 9.93. The summed E-state index contributed by atoms with van der Waals surface area (Å²) < 4.78 is 5.38. The first-order valence-electron chi connectivity index (χ1n) is 5.17. The molecule has 0 radical (unpaired) electrons. The van der Waals surface area contributed by atoms with E-state index in [0.717, 1.165) is 0 Å². The van der Waals surface area contributed by atoms with Crippen LogP contribution in [-0.2, 0) is 4.79 Å². The Bertz CT molecular complexity index is 450. The van der Waals surface area contributed by atoms with Gasteiger partial charge in [-0.25, -0.2) is 0 Å². The van der Waals surface area contributed by atoms with Crippen LogP contribution in [0, 0.1) is 11.3 Å². The molecule has 1 amide bonds.